The lowest BCUT2D eigenvalue weighted by atomic mass is 10.1. The zero-order valence-corrected chi connectivity index (χ0v) is 15.9. The van der Waals surface area contributed by atoms with Crippen molar-refractivity contribution in [2.24, 2.45) is 0 Å². The van der Waals surface area contributed by atoms with Gasteiger partial charge in [0.15, 0.2) is 5.11 Å². The molecule has 0 heterocycles. The molecule has 0 amide bonds. The summed E-state index contributed by atoms with van der Waals surface area (Å²) in [7, 11) is 4.36. The molecule has 2 aromatic rings. The normalized spacial score (nSPS) is 12.0. The lowest BCUT2D eigenvalue weighted by Crippen LogP contribution is -3.11. The zero-order valence-electron chi connectivity index (χ0n) is 13.5. The van der Waals surface area contributed by atoms with E-state index in [4.69, 9.17) is 12.2 Å². The summed E-state index contributed by atoms with van der Waals surface area (Å²) < 4.78 is 1.03. The summed E-state index contributed by atoms with van der Waals surface area (Å²) >= 11 is 8.87. The van der Waals surface area contributed by atoms with Crippen molar-refractivity contribution in [1.82, 2.24) is 5.32 Å². The van der Waals surface area contributed by atoms with E-state index in [0.29, 0.717) is 11.2 Å². The molecule has 1 atom stereocenters. The van der Waals surface area contributed by atoms with Gasteiger partial charge in [-0.25, -0.2) is 0 Å². The van der Waals surface area contributed by atoms with Crippen molar-refractivity contribution in [1.29, 1.82) is 0 Å². The standard InChI is InChI=1S/C18H22BrN3S/c1-22(2)17(11-14-7-4-3-5-8-14)13-20-18(23)21-16-10-6-9-15(19)12-16/h3-10,12,17H,11,13H2,1-2H3,(H2,20,21,23)/p+1/t17-/m1/s1. The number of quaternary nitrogens is 1. The summed E-state index contributed by atoms with van der Waals surface area (Å²) in [6.45, 7) is 0.830. The van der Waals surface area contributed by atoms with Gasteiger partial charge in [0.05, 0.1) is 20.6 Å². The molecule has 0 aliphatic rings. The van der Waals surface area contributed by atoms with Crippen LogP contribution in [0.15, 0.2) is 59.1 Å². The summed E-state index contributed by atoms with van der Waals surface area (Å²) in [6.07, 6.45) is 1.02. The molecule has 0 radical (unpaired) electrons. The first-order valence-electron chi connectivity index (χ1n) is 7.69. The summed E-state index contributed by atoms with van der Waals surface area (Å²) in [5, 5.41) is 7.21. The highest BCUT2D eigenvalue weighted by atomic mass is 79.9. The first-order valence-corrected chi connectivity index (χ1v) is 8.89. The van der Waals surface area contributed by atoms with Gasteiger partial charge in [-0.05, 0) is 36.0 Å². The number of likely N-dealkylation sites (N-methyl/N-ethyl adjacent to an activating group) is 1. The van der Waals surface area contributed by atoms with Crippen molar-refractivity contribution in [3.05, 3.63) is 64.6 Å². The van der Waals surface area contributed by atoms with Crippen LogP contribution in [0.3, 0.4) is 0 Å². The van der Waals surface area contributed by atoms with E-state index in [9.17, 15) is 0 Å². The molecule has 23 heavy (non-hydrogen) atoms. The summed E-state index contributed by atoms with van der Waals surface area (Å²) in [5.41, 5.74) is 2.33. The first-order chi connectivity index (χ1) is 11.0. The van der Waals surface area contributed by atoms with E-state index in [1.807, 2.05) is 24.3 Å². The third kappa shape index (κ3) is 6.29. The molecule has 3 N–H and O–H groups in total. The van der Waals surface area contributed by atoms with Crippen LogP contribution in [0.2, 0.25) is 0 Å². The predicted octanol–water partition coefficient (Wildman–Crippen LogP) is 2.49. The van der Waals surface area contributed by atoms with E-state index in [2.05, 4.69) is 71.0 Å². The molecule has 0 aromatic heterocycles. The largest absolute Gasteiger partial charge is 0.356 e. The van der Waals surface area contributed by atoms with Gasteiger partial charge in [0.25, 0.3) is 0 Å². The molecule has 2 aromatic carbocycles. The lowest BCUT2D eigenvalue weighted by Gasteiger charge is -2.23. The van der Waals surface area contributed by atoms with Crippen molar-refractivity contribution in [3.63, 3.8) is 0 Å². The number of rotatable bonds is 6. The van der Waals surface area contributed by atoms with Gasteiger partial charge in [0.1, 0.15) is 6.04 Å². The molecular formula is C18H23BrN3S+. The van der Waals surface area contributed by atoms with E-state index < -0.39 is 0 Å². The van der Waals surface area contributed by atoms with Crippen molar-refractivity contribution >= 4 is 38.9 Å². The maximum absolute atomic E-state index is 5.40. The molecule has 0 spiro atoms. The van der Waals surface area contributed by atoms with Crippen LogP contribution >= 0.6 is 28.1 Å². The smallest absolute Gasteiger partial charge is 0.170 e. The van der Waals surface area contributed by atoms with E-state index in [-0.39, 0.29) is 0 Å². The molecule has 0 fully saturated rings. The molecule has 2 rings (SSSR count). The van der Waals surface area contributed by atoms with Gasteiger partial charge < -0.3 is 15.5 Å². The third-order valence-corrected chi connectivity index (χ3v) is 4.47. The maximum Gasteiger partial charge on any atom is 0.170 e. The number of benzene rings is 2. The zero-order chi connectivity index (χ0) is 16.7. The maximum atomic E-state index is 5.40. The summed E-state index contributed by atoms with van der Waals surface area (Å²) in [5.74, 6) is 0. The number of hydrogen-bond donors (Lipinski definition) is 3. The Morgan fingerprint density at radius 2 is 1.87 bits per heavy atom. The van der Waals surface area contributed by atoms with Crippen LogP contribution < -0.4 is 15.5 Å². The van der Waals surface area contributed by atoms with Gasteiger partial charge in [0, 0.05) is 16.6 Å². The first kappa shape index (κ1) is 17.9. The Kier molecular flexibility index (Phi) is 7.02. The fraction of sp³-hybridized carbons (Fsp3) is 0.278. The van der Waals surface area contributed by atoms with Gasteiger partial charge >= 0.3 is 0 Å². The number of hydrogen-bond acceptors (Lipinski definition) is 1. The Balaban J connectivity index is 1.87. The highest BCUT2D eigenvalue weighted by Crippen LogP contribution is 2.15. The number of halogens is 1. The third-order valence-electron chi connectivity index (χ3n) is 3.73. The van der Waals surface area contributed by atoms with Crippen LogP contribution in [0, 0.1) is 0 Å². The van der Waals surface area contributed by atoms with Gasteiger partial charge in [-0.2, -0.15) is 0 Å². The molecule has 0 saturated carbocycles. The monoisotopic (exact) mass is 392 g/mol. The fourth-order valence-electron chi connectivity index (χ4n) is 2.34. The molecular weight excluding hydrogens is 370 g/mol. The second-order valence-corrected chi connectivity index (χ2v) is 7.13. The summed E-state index contributed by atoms with van der Waals surface area (Å²) in [6, 6.07) is 19.0. The Morgan fingerprint density at radius 1 is 1.13 bits per heavy atom. The highest BCUT2D eigenvalue weighted by molar-refractivity contribution is 9.10. The van der Waals surface area contributed by atoms with Gasteiger partial charge in [-0.1, -0.05) is 52.3 Å². The Hall–Kier alpha value is -1.43. The molecule has 0 bridgehead atoms. The van der Waals surface area contributed by atoms with Crippen molar-refractivity contribution in [2.75, 3.05) is 26.0 Å². The van der Waals surface area contributed by atoms with Crippen molar-refractivity contribution in [3.8, 4) is 0 Å². The van der Waals surface area contributed by atoms with Gasteiger partial charge in [0.2, 0.25) is 0 Å². The van der Waals surface area contributed by atoms with Crippen molar-refractivity contribution < 1.29 is 4.90 Å². The Bertz CT molecular complexity index is 631. The minimum absolute atomic E-state index is 0.458. The Morgan fingerprint density at radius 3 is 2.52 bits per heavy atom. The van der Waals surface area contributed by atoms with E-state index in [1.54, 1.807) is 0 Å². The number of thiocarbonyl (C=S) groups is 1. The molecule has 0 aliphatic heterocycles. The second kappa shape index (κ2) is 9.01. The van der Waals surface area contributed by atoms with Crippen molar-refractivity contribution in [2.45, 2.75) is 12.5 Å². The van der Waals surface area contributed by atoms with Crippen LogP contribution in [0.4, 0.5) is 5.69 Å². The molecule has 3 nitrogen and oxygen atoms in total. The SMILES string of the molecule is C[NH+](C)[C@@H](CNC(=S)Nc1cccc(Br)c1)Cc1ccccc1. The predicted molar refractivity (Wildman–Crippen MR) is 105 cm³/mol. The quantitative estimate of drug-likeness (QED) is 0.659. The lowest BCUT2D eigenvalue weighted by molar-refractivity contribution is -0.884. The number of nitrogens with one attached hydrogen (secondary N) is 3. The Labute approximate surface area is 152 Å². The van der Waals surface area contributed by atoms with E-state index >= 15 is 0 Å². The van der Waals surface area contributed by atoms with E-state index in [1.165, 1.54) is 10.5 Å². The van der Waals surface area contributed by atoms with Crippen LogP contribution in [0.5, 0.6) is 0 Å². The topological polar surface area (TPSA) is 28.5 Å². The van der Waals surface area contributed by atoms with E-state index in [0.717, 1.165) is 23.1 Å². The highest BCUT2D eigenvalue weighted by Gasteiger charge is 2.16. The fourth-order valence-corrected chi connectivity index (χ4v) is 2.94. The molecule has 0 unspecified atom stereocenters. The molecule has 0 saturated heterocycles. The number of anilines is 1. The second-order valence-electron chi connectivity index (χ2n) is 5.81. The van der Waals surface area contributed by atoms with Crippen LogP contribution in [0.1, 0.15) is 5.56 Å². The van der Waals surface area contributed by atoms with Gasteiger partial charge in [-0.3, -0.25) is 0 Å². The molecule has 122 valence electrons. The summed E-state index contributed by atoms with van der Waals surface area (Å²) in [4.78, 5) is 1.41. The van der Waals surface area contributed by atoms with Crippen LogP contribution in [-0.2, 0) is 6.42 Å². The minimum atomic E-state index is 0.458. The average molecular weight is 393 g/mol. The molecule has 0 aliphatic carbocycles. The van der Waals surface area contributed by atoms with Gasteiger partial charge in [-0.15, -0.1) is 0 Å². The van der Waals surface area contributed by atoms with Crippen LogP contribution in [-0.4, -0.2) is 31.8 Å². The minimum Gasteiger partial charge on any atom is -0.356 e. The van der Waals surface area contributed by atoms with Crippen LogP contribution in [0.25, 0.3) is 0 Å². The molecule has 5 heteroatoms. The average Bonchev–Trinajstić information content (AvgIpc) is 2.52.